The van der Waals surface area contributed by atoms with Gasteiger partial charge in [-0.2, -0.15) is 13.2 Å². The highest BCUT2D eigenvalue weighted by atomic mass is 19.4. The van der Waals surface area contributed by atoms with E-state index in [1.165, 1.54) is 31.4 Å². The predicted molar refractivity (Wildman–Crippen MR) is 61.2 cm³/mol. The van der Waals surface area contributed by atoms with Crippen LogP contribution in [0.4, 0.5) is 13.2 Å². The van der Waals surface area contributed by atoms with Crippen LogP contribution < -0.4 is 9.47 Å². The number of alkyl halides is 3. The lowest BCUT2D eigenvalue weighted by molar-refractivity contribution is -0.153. The highest BCUT2D eigenvalue weighted by Gasteiger charge is 2.29. The van der Waals surface area contributed by atoms with Crippen molar-refractivity contribution in [1.29, 1.82) is 0 Å². The molecule has 1 rings (SSSR count). The van der Waals surface area contributed by atoms with Crippen LogP contribution in [0.25, 0.3) is 6.08 Å². The van der Waals surface area contributed by atoms with Crippen molar-refractivity contribution in [3.8, 4) is 11.5 Å². The van der Waals surface area contributed by atoms with E-state index in [1.807, 2.05) is 0 Å². The van der Waals surface area contributed by atoms with Gasteiger partial charge in [0.25, 0.3) is 0 Å². The Kier molecular flexibility index (Phi) is 4.80. The Morgan fingerprint density at radius 2 is 2.05 bits per heavy atom. The molecule has 0 radical (unpaired) electrons. The van der Waals surface area contributed by atoms with Gasteiger partial charge in [0.1, 0.15) is 0 Å². The number of ether oxygens (including phenoxy) is 2. The van der Waals surface area contributed by atoms with Crippen molar-refractivity contribution in [3.63, 3.8) is 0 Å². The summed E-state index contributed by atoms with van der Waals surface area (Å²) in [6.45, 7) is -1.45. The zero-order valence-electron chi connectivity index (χ0n) is 9.90. The number of aliphatic carboxylic acids is 1. The maximum absolute atomic E-state index is 12.1. The van der Waals surface area contributed by atoms with Gasteiger partial charge in [-0.1, -0.05) is 6.07 Å². The Morgan fingerprint density at radius 3 is 2.58 bits per heavy atom. The summed E-state index contributed by atoms with van der Waals surface area (Å²) in [6.07, 6.45) is -2.35. The van der Waals surface area contributed by atoms with E-state index in [0.29, 0.717) is 5.56 Å². The number of halogens is 3. The third kappa shape index (κ3) is 5.33. The predicted octanol–water partition coefficient (Wildman–Crippen LogP) is 2.73. The van der Waals surface area contributed by atoms with Crippen molar-refractivity contribution in [2.45, 2.75) is 6.18 Å². The Balaban J connectivity index is 2.93. The van der Waals surface area contributed by atoms with Crippen molar-refractivity contribution in [2.24, 2.45) is 0 Å². The van der Waals surface area contributed by atoms with Gasteiger partial charge in [0.05, 0.1) is 7.11 Å². The van der Waals surface area contributed by atoms with E-state index in [2.05, 4.69) is 4.74 Å². The molecule has 0 heterocycles. The summed E-state index contributed by atoms with van der Waals surface area (Å²) in [7, 11) is 1.29. The topological polar surface area (TPSA) is 55.8 Å². The van der Waals surface area contributed by atoms with Gasteiger partial charge >= 0.3 is 12.1 Å². The van der Waals surface area contributed by atoms with Crippen LogP contribution in [-0.2, 0) is 4.79 Å². The molecule has 0 aliphatic heterocycles. The third-order valence-electron chi connectivity index (χ3n) is 2.00. The SMILES string of the molecule is COc1ccc(/C=C/C(=O)O)cc1OCC(F)(F)F. The van der Waals surface area contributed by atoms with Crippen molar-refractivity contribution < 1.29 is 32.5 Å². The normalized spacial score (nSPS) is 11.6. The molecule has 1 aromatic carbocycles. The minimum absolute atomic E-state index is 0.104. The Labute approximate surface area is 107 Å². The fraction of sp³-hybridized carbons (Fsp3) is 0.250. The summed E-state index contributed by atoms with van der Waals surface area (Å²) in [5.41, 5.74) is 0.389. The van der Waals surface area contributed by atoms with Crippen LogP contribution in [0.5, 0.6) is 11.5 Å². The second kappa shape index (κ2) is 6.12. The van der Waals surface area contributed by atoms with Gasteiger partial charge in [-0.15, -0.1) is 0 Å². The highest BCUT2D eigenvalue weighted by molar-refractivity contribution is 5.85. The second-order valence-corrected chi connectivity index (χ2v) is 3.49. The average molecular weight is 276 g/mol. The van der Waals surface area contributed by atoms with Crippen LogP contribution in [0.15, 0.2) is 24.3 Å². The second-order valence-electron chi connectivity index (χ2n) is 3.49. The summed E-state index contributed by atoms with van der Waals surface area (Å²) in [6, 6.07) is 4.16. The number of hydrogen-bond donors (Lipinski definition) is 1. The minimum Gasteiger partial charge on any atom is -0.493 e. The highest BCUT2D eigenvalue weighted by Crippen LogP contribution is 2.30. The number of rotatable bonds is 5. The van der Waals surface area contributed by atoms with Gasteiger partial charge in [-0.3, -0.25) is 0 Å². The molecule has 0 fully saturated rings. The summed E-state index contributed by atoms with van der Waals surface area (Å²) in [5, 5.41) is 8.46. The molecule has 0 unspecified atom stereocenters. The first-order valence-corrected chi connectivity index (χ1v) is 5.10. The van der Waals surface area contributed by atoms with Gasteiger partial charge in [-0.25, -0.2) is 4.79 Å². The molecule has 0 aromatic heterocycles. The lowest BCUT2D eigenvalue weighted by Crippen LogP contribution is -2.19. The lowest BCUT2D eigenvalue weighted by Gasteiger charge is -2.12. The van der Waals surface area contributed by atoms with Crippen LogP contribution in [0.1, 0.15) is 5.56 Å². The maximum atomic E-state index is 12.1. The van der Waals surface area contributed by atoms with Crippen molar-refractivity contribution in [3.05, 3.63) is 29.8 Å². The van der Waals surface area contributed by atoms with E-state index in [1.54, 1.807) is 0 Å². The molecular weight excluding hydrogens is 265 g/mol. The van der Waals surface area contributed by atoms with Crippen molar-refractivity contribution >= 4 is 12.0 Å². The van der Waals surface area contributed by atoms with Crippen LogP contribution >= 0.6 is 0 Å². The molecule has 0 aliphatic rings. The van der Waals surface area contributed by atoms with E-state index in [4.69, 9.17) is 9.84 Å². The zero-order valence-corrected chi connectivity index (χ0v) is 9.90. The Morgan fingerprint density at radius 1 is 1.37 bits per heavy atom. The average Bonchev–Trinajstić information content (AvgIpc) is 2.33. The molecule has 0 aliphatic carbocycles. The molecule has 1 aromatic rings. The minimum atomic E-state index is -4.46. The molecule has 0 atom stereocenters. The summed E-state index contributed by atoms with van der Waals surface area (Å²) < 4.78 is 45.7. The van der Waals surface area contributed by atoms with Gasteiger partial charge in [0.15, 0.2) is 18.1 Å². The van der Waals surface area contributed by atoms with E-state index in [-0.39, 0.29) is 11.5 Å². The number of carbonyl (C=O) groups is 1. The quantitative estimate of drug-likeness (QED) is 0.840. The van der Waals surface area contributed by atoms with Crippen molar-refractivity contribution in [1.82, 2.24) is 0 Å². The first-order valence-electron chi connectivity index (χ1n) is 5.10. The zero-order chi connectivity index (χ0) is 14.5. The van der Waals surface area contributed by atoms with Gasteiger partial charge in [0.2, 0.25) is 0 Å². The standard InChI is InChI=1S/C12H11F3O4/c1-18-9-4-2-8(3-5-11(16)17)6-10(9)19-7-12(13,14)15/h2-6H,7H2,1H3,(H,16,17)/b5-3+. The first-order chi connectivity index (χ1) is 8.81. The fourth-order valence-corrected chi connectivity index (χ4v) is 1.24. The van der Waals surface area contributed by atoms with Crippen molar-refractivity contribution in [2.75, 3.05) is 13.7 Å². The van der Waals surface area contributed by atoms with Gasteiger partial charge < -0.3 is 14.6 Å². The smallest absolute Gasteiger partial charge is 0.422 e. The molecule has 7 heteroatoms. The van der Waals surface area contributed by atoms with Crippen LogP contribution in [-0.4, -0.2) is 31.0 Å². The molecular formula is C12H11F3O4. The summed E-state index contributed by atoms with van der Waals surface area (Å²) >= 11 is 0. The van der Waals surface area contributed by atoms with E-state index >= 15 is 0 Å². The van der Waals surface area contributed by atoms with E-state index < -0.39 is 18.8 Å². The number of methoxy groups -OCH3 is 1. The number of carboxylic acid groups (broad SMARTS) is 1. The molecule has 0 bridgehead atoms. The van der Waals surface area contributed by atoms with E-state index in [9.17, 15) is 18.0 Å². The molecule has 0 saturated heterocycles. The Hall–Kier alpha value is -2.18. The molecule has 0 amide bonds. The number of hydrogen-bond acceptors (Lipinski definition) is 3. The number of carboxylic acids is 1. The molecule has 1 N–H and O–H groups in total. The van der Waals surface area contributed by atoms with E-state index in [0.717, 1.165) is 6.08 Å². The molecule has 104 valence electrons. The molecule has 19 heavy (non-hydrogen) atoms. The van der Waals surface area contributed by atoms with Gasteiger partial charge in [0, 0.05) is 6.08 Å². The number of benzene rings is 1. The summed E-state index contributed by atoms with van der Waals surface area (Å²) in [5.74, 6) is -1.13. The monoisotopic (exact) mass is 276 g/mol. The summed E-state index contributed by atoms with van der Waals surface area (Å²) in [4.78, 5) is 10.3. The van der Waals surface area contributed by atoms with Crippen LogP contribution in [0, 0.1) is 0 Å². The van der Waals surface area contributed by atoms with Crippen LogP contribution in [0.2, 0.25) is 0 Å². The molecule has 0 saturated carbocycles. The molecule has 0 spiro atoms. The first kappa shape index (κ1) is 14.9. The molecule has 4 nitrogen and oxygen atoms in total. The van der Waals surface area contributed by atoms with Gasteiger partial charge in [-0.05, 0) is 23.8 Å². The maximum Gasteiger partial charge on any atom is 0.422 e. The lowest BCUT2D eigenvalue weighted by atomic mass is 10.2. The van der Waals surface area contributed by atoms with Crippen LogP contribution in [0.3, 0.4) is 0 Å². The third-order valence-corrected chi connectivity index (χ3v) is 2.00. The Bertz CT molecular complexity index is 480. The largest absolute Gasteiger partial charge is 0.493 e. The fourth-order valence-electron chi connectivity index (χ4n) is 1.24.